The van der Waals surface area contributed by atoms with Gasteiger partial charge in [-0.3, -0.25) is 9.59 Å². The lowest BCUT2D eigenvalue weighted by Gasteiger charge is -2.37. The zero-order valence-electron chi connectivity index (χ0n) is 16.7. The number of aromatic nitrogens is 3. The van der Waals surface area contributed by atoms with Gasteiger partial charge in [-0.05, 0) is 27.7 Å². The molecule has 29 heavy (non-hydrogen) atoms. The fourth-order valence-corrected chi connectivity index (χ4v) is 4.34. The number of hydrogen-bond acceptors (Lipinski definition) is 9. The second-order valence-corrected chi connectivity index (χ2v) is 8.63. The van der Waals surface area contributed by atoms with E-state index in [1.807, 2.05) is 27.7 Å². The molecular formula is C18H24N4O7. The van der Waals surface area contributed by atoms with Crippen LogP contribution >= 0.6 is 0 Å². The third-order valence-electron chi connectivity index (χ3n) is 5.43. The summed E-state index contributed by atoms with van der Waals surface area (Å²) in [5.74, 6) is -1.90. The number of anilines is 1. The van der Waals surface area contributed by atoms with Gasteiger partial charge in [-0.25, -0.2) is 9.58 Å². The lowest BCUT2D eigenvalue weighted by Crippen LogP contribution is -2.56. The van der Waals surface area contributed by atoms with E-state index in [9.17, 15) is 9.59 Å². The summed E-state index contributed by atoms with van der Waals surface area (Å²) in [5, 5.41) is 8.04. The Hall–Kier alpha value is -1.92. The zero-order valence-corrected chi connectivity index (χ0v) is 16.7. The summed E-state index contributed by atoms with van der Waals surface area (Å²) in [5.41, 5.74) is 0. The Bertz CT molecular complexity index is 837. The van der Waals surface area contributed by atoms with Gasteiger partial charge in [-0.15, -0.1) is 5.10 Å². The number of fused-ring (bicyclic) bond motifs is 3. The summed E-state index contributed by atoms with van der Waals surface area (Å²) in [7, 11) is 0. The first-order valence-corrected chi connectivity index (χ1v) is 9.75. The molecule has 4 fully saturated rings. The van der Waals surface area contributed by atoms with Crippen LogP contribution in [0.25, 0.3) is 0 Å². The van der Waals surface area contributed by atoms with Gasteiger partial charge in [0.25, 0.3) is 0 Å². The fourth-order valence-electron chi connectivity index (χ4n) is 4.34. The van der Waals surface area contributed by atoms with Crippen LogP contribution in [0.5, 0.6) is 0 Å². The highest BCUT2D eigenvalue weighted by Gasteiger charge is 2.60. The minimum Gasteiger partial charge on any atom is -0.342 e. The Morgan fingerprint density at radius 3 is 2.31 bits per heavy atom. The van der Waals surface area contributed by atoms with E-state index >= 15 is 0 Å². The van der Waals surface area contributed by atoms with E-state index in [1.54, 1.807) is 6.20 Å². The molecule has 5 heterocycles. The van der Waals surface area contributed by atoms with E-state index in [4.69, 9.17) is 23.7 Å². The second-order valence-electron chi connectivity index (χ2n) is 8.63. The van der Waals surface area contributed by atoms with Crippen molar-refractivity contribution in [1.82, 2.24) is 15.0 Å². The number of imide groups is 1. The molecule has 0 saturated carbocycles. The number of hydrogen-bond donors (Lipinski definition) is 0. The quantitative estimate of drug-likeness (QED) is 0.653. The Labute approximate surface area is 167 Å². The van der Waals surface area contributed by atoms with Crippen LogP contribution in [0, 0.1) is 0 Å². The molecule has 1 aromatic heterocycles. The average molecular weight is 408 g/mol. The summed E-state index contributed by atoms with van der Waals surface area (Å²) in [6.45, 7) is 7.63. The molecule has 11 nitrogen and oxygen atoms in total. The Kier molecular flexibility index (Phi) is 4.13. The summed E-state index contributed by atoms with van der Waals surface area (Å²) >= 11 is 0. The van der Waals surface area contributed by atoms with Crippen LogP contribution in [0.3, 0.4) is 0 Å². The molecule has 1 aromatic rings. The Morgan fingerprint density at radius 2 is 1.59 bits per heavy atom. The minimum absolute atomic E-state index is 0.192. The van der Waals surface area contributed by atoms with Gasteiger partial charge in [0.2, 0.25) is 11.8 Å². The molecule has 158 valence electrons. The molecule has 0 bridgehead atoms. The van der Waals surface area contributed by atoms with E-state index in [2.05, 4.69) is 10.3 Å². The van der Waals surface area contributed by atoms with Gasteiger partial charge in [0.1, 0.15) is 24.4 Å². The van der Waals surface area contributed by atoms with Crippen molar-refractivity contribution in [2.45, 2.75) is 89.4 Å². The fraction of sp³-hybridized carbons (Fsp3) is 0.778. The molecule has 3 unspecified atom stereocenters. The molecule has 0 aliphatic carbocycles. The van der Waals surface area contributed by atoms with Crippen molar-refractivity contribution < 1.29 is 33.3 Å². The van der Waals surface area contributed by atoms with Crippen molar-refractivity contribution in [3.63, 3.8) is 0 Å². The maximum Gasteiger partial charge on any atom is 0.235 e. The van der Waals surface area contributed by atoms with Crippen LogP contribution in [0.2, 0.25) is 0 Å². The van der Waals surface area contributed by atoms with Gasteiger partial charge in [-0.2, -0.15) is 0 Å². The maximum absolute atomic E-state index is 11.9. The van der Waals surface area contributed by atoms with Crippen LogP contribution in [0.15, 0.2) is 6.20 Å². The number of rotatable bonds is 3. The summed E-state index contributed by atoms with van der Waals surface area (Å²) in [6, 6.07) is 0. The van der Waals surface area contributed by atoms with Crippen molar-refractivity contribution in [2.24, 2.45) is 0 Å². The van der Waals surface area contributed by atoms with Gasteiger partial charge in [0, 0.05) is 12.8 Å². The van der Waals surface area contributed by atoms with Crippen LogP contribution in [-0.4, -0.2) is 69.1 Å². The number of carbonyl (C=O) groups is 2. The number of nitrogens with zero attached hydrogens (tertiary/aromatic N) is 4. The second kappa shape index (κ2) is 6.29. The van der Waals surface area contributed by atoms with Gasteiger partial charge in [0.05, 0.1) is 12.7 Å². The predicted octanol–water partition coefficient (Wildman–Crippen LogP) is 0.328. The molecule has 5 atom stereocenters. The van der Waals surface area contributed by atoms with Crippen LogP contribution in [0.4, 0.5) is 5.82 Å². The highest BCUT2D eigenvalue weighted by molar-refractivity contribution is 6.19. The largest absolute Gasteiger partial charge is 0.342 e. The molecule has 4 saturated heterocycles. The minimum atomic E-state index is -0.790. The number of carbonyl (C=O) groups excluding carboxylic acids is 2. The van der Waals surface area contributed by atoms with E-state index < -0.39 is 36.2 Å². The zero-order chi connectivity index (χ0) is 20.6. The van der Waals surface area contributed by atoms with Gasteiger partial charge in [-0.1, -0.05) is 5.21 Å². The molecule has 0 spiro atoms. The lowest BCUT2D eigenvalue weighted by atomic mass is 9.99. The summed E-state index contributed by atoms with van der Waals surface area (Å²) in [4.78, 5) is 24.9. The molecule has 0 aromatic carbocycles. The summed E-state index contributed by atoms with van der Waals surface area (Å²) in [6.07, 6.45) is -0.262. The normalized spacial score (nSPS) is 37.8. The Morgan fingerprint density at radius 1 is 0.966 bits per heavy atom. The van der Waals surface area contributed by atoms with E-state index in [0.717, 1.165) is 4.90 Å². The molecule has 0 N–H and O–H groups in total. The van der Waals surface area contributed by atoms with Gasteiger partial charge >= 0.3 is 0 Å². The molecule has 2 amide bonds. The third kappa shape index (κ3) is 3.26. The predicted molar refractivity (Wildman–Crippen MR) is 94.3 cm³/mol. The number of amides is 2. The first kappa shape index (κ1) is 19.1. The average Bonchev–Trinajstić information content (AvgIpc) is 3.33. The van der Waals surface area contributed by atoms with Crippen molar-refractivity contribution in [3.8, 4) is 0 Å². The molecule has 0 radical (unpaired) electrons. The Balaban J connectivity index is 1.37. The van der Waals surface area contributed by atoms with E-state index in [-0.39, 0.29) is 43.1 Å². The van der Waals surface area contributed by atoms with E-state index in [1.165, 1.54) is 4.68 Å². The van der Waals surface area contributed by atoms with Gasteiger partial charge in [0.15, 0.2) is 23.7 Å². The standard InChI is InChI=1S/C18H24N4O7/c1-17(2)26-13-9(25-16-15(14(13)27-17)28-18(3,4)29-16)7-21-8-10(19-20-21)22-11(23)5-6-12(22)24/h8-9,13-16H,5-7H2,1-4H3/t9?,13-,14?,15?,16+/m0/s1. The number of ether oxygens (including phenoxy) is 5. The first-order valence-electron chi connectivity index (χ1n) is 9.75. The molecule has 4 aliphatic rings. The van der Waals surface area contributed by atoms with E-state index in [0.29, 0.717) is 0 Å². The third-order valence-corrected chi connectivity index (χ3v) is 5.43. The summed E-state index contributed by atoms with van der Waals surface area (Å²) < 4.78 is 31.7. The van der Waals surface area contributed by atoms with Gasteiger partial charge < -0.3 is 23.7 Å². The smallest absolute Gasteiger partial charge is 0.235 e. The van der Waals surface area contributed by atoms with Crippen molar-refractivity contribution in [1.29, 1.82) is 0 Å². The first-order chi connectivity index (χ1) is 13.6. The molecular weight excluding hydrogens is 384 g/mol. The highest BCUT2D eigenvalue weighted by Crippen LogP contribution is 2.44. The van der Waals surface area contributed by atoms with Crippen molar-refractivity contribution in [2.75, 3.05) is 4.90 Å². The monoisotopic (exact) mass is 408 g/mol. The lowest BCUT2D eigenvalue weighted by molar-refractivity contribution is -0.236. The highest BCUT2D eigenvalue weighted by atomic mass is 16.9. The molecule has 11 heteroatoms. The van der Waals surface area contributed by atoms with Crippen molar-refractivity contribution in [3.05, 3.63) is 6.20 Å². The molecule has 4 aliphatic heterocycles. The van der Waals surface area contributed by atoms with Crippen LogP contribution in [0.1, 0.15) is 40.5 Å². The SMILES string of the molecule is CC1(C)OC2C3OC(C)(C)O[C@H]3C(Cn3cc(N4C(=O)CCC4=O)nn3)O[C@@H]2O1. The molecule has 5 rings (SSSR count). The van der Waals surface area contributed by atoms with Crippen molar-refractivity contribution >= 4 is 17.6 Å². The van der Waals surface area contributed by atoms with Crippen LogP contribution < -0.4 is 4.90 Å². The van der Waals surface area contributed by atoms with Crippen LogP contribution in [-0.2, 0) is 39.8 Å². The topological polar surface area (TPSA) is 114 Å². The maximum atomic E-state index is 11.9.